The number of anilines is 2. The molecule has 0 radical (unpaired) electrons. The Morgan fingerprint density at radius 3 is 2.25 bits per heavy atom. The zero-order valence-corrected chi connectivity index (χ0v) is 59.4. The van der Waals surface area contributed by atoms with Gasteiger partial charge in [0.2, 0.25) is 0 Å². The van der Waals surface area contributed by atoms with Crippen LogP contribution in [0.15, 0.2) is 75.1 Å². The van der Waals surface area contributed by atoms with Gasteiger partial charge in [0.25, 0.3) is 5.91 Å². The van der Waals surface area contributed by atoms with Gasteiger partial charge in [-0.2, -0.15) is 13.6 Å². The van der Waals surface area contributed by atoms with Crippen molar-refractivity contribution in [2.45, 2.75) is 82.0 Å². The summed E-state index contributed by atoms with van der Waals surface area (Å²) in [6.07, 6.45) is 0.779. The number of ether oxygens (including phenoxy) is 6. The number of aromatic carboxylic acids is 1. The highest BCUT2D eigenvalue weighted by molar-refractivity contribution is 8.77. The fourth-order valence-electron chi connectivity index (χ4n) is 8.71. The number of nitrogens with zero attached hydrogens (tertiary/aromatic N) is 5. The Labute approximate surface area is 584 Å². The van der Waals surface area contributed by atoms with Crippen molar-refractivity contribution in [3.8, 4) is 34.3 Å². The largest absolute Gasteiger partial charge is 0.490 e. The second-order valence-corrected chi connectivity index (χ2v) is 29.2. The van der Waals surface area contributed by atoms with Crippen molar-refractivity contribution in [3.05, 3.63) is 104 Å². The van der Waals surface area contributed by atoms with Gasteiger partial charge in [0.1, 0.15) is 42.2 Å². The number of nitrogen functional groups attached to an aromatic ring is 2. The molecule has 3 aromatic rings. The van der Waals surface area contributed by atoms with Crippen LogP contribution in [0, 0.1) is 11.8 Å². The molecule has 5 atom stereocenters. The lowest BCUT2D eigenvalue weighted by Crippen LogP contribution is -2.44. The number of urea groups is 1. The molecule has 0 bridgehead atoms. The van der Waals surface area contributed by atoms with Crippen LogP contribution in [-0.4, -0.2) is 179 Å². The minimum Gasteiger partial charge on any atom is -0.478 e. The van der Waals surface area contributed by atoms with Crippen LogP contribution in [0.2, 0.25) is 0 Å². The van der Waals surface area contributed by atoms with E-state index in [1.54, 1.807) is 58.0 Å². The number of benzene rings is 3. The topological polar surface area (TPSA) is 617 Å². The highest BCUT2D eigenvalue weighted by Crippen LogP contribution is 2.66. The highest BCUT2D eigenvalue weighted by Gasteiger charge is 2.44. The molecule has 0 spiro atoms. The van der Waals surface area contributed by atoms with Crippen molar-refractivity contribution in [1.82, 2.24) is 25.5 Å². The smallest absolute Gasteiger partial charge is 0.478 e. The molecule has 3 aliphatic rings. The fraction of sp³-hybridized carbons (Fsp3) is 0.463. The van der Waals surface area contributed by atoms with Crippen molar-refractivity contribution in [1.29, 1.82) is 0 Å². The van der Waals surface area contributed by atoms with Gasteiger partial charge in [0.15, 0.2) is 5.36 Å². The number of esters is 1. The molecule has 1 aromatic heterocycles. The maximum absolute atomic E-state index is 13.3. The molecule has 2 aromatic carbocycles. The molecule has 0 saturated carbocycles. The summed E-state index contributed by atoms with van der Waals surface area (Å²) in [6, 6.07) is 14.0. The number of fused-ring (bicyclic) bond motifs is 2. The van der Waals surface area contributed by atoms with Crippen molar-refractivity contribution >= 4 is 113 Å². The monoisotopic (exact) mass is 1560 g/mol. The second-order valence-electron chi connectivity index (χ2n) is 21.0. The van der Waals surface area contributed by atoms with Crippen LogP contribution < -0.4 is 43.9 Å². The molecule has 40 nitrogen and oxygen atoms in total. The molecule has 1 aliphatic carbocycles. The highest BCUT2D eigenvalue weighted by atomic mass is 33.1. The van der Waals surface area contributed by atoms with Gasteiger partial charge in [-0.3, -0.25) is 24.1 Å². The number of aromatic nitrogens is 2. The molecule has 2 aliphatic heterocycles. The number of carboxylic acid groups (broad SMARTS) is 1. The number of azide groups is 1. The average Bonchev–Trinajstić information content (AvgIpc) is 1.34. The van der Waals surface area contributed by atoms with Crippen LogP contribution in [-0.2, 0) is 81.3 Å². The maximum Gasteiger partial charge on any atom is 0.490 e. The van der Waals surface area contributed by atoms with Gasteiger partial charge in [-0.15, -0.1) is 25.3 Å². The molecule has 554 valence electrons. The summed E-state index contributed by atoms with van der Waals surface area (Å²) in [5.74, 6) is 4.06. The van der Waals surface area contributed by atoms with E-state index in [9.17, 15) is 52.6 Å². The third-order valence-corrected chi connectivity index (χ3v) is 19.9. The summed E-state index contributed by atoms with van der Waals surface area (Å²) < 4.78 is 138. The molecule has 3 heterocycles. The first-order chi connectivity index (χ1) is 47.6. The Kier molecular flexibility index (Phi) is 36.2. The van der Waals surface area contributed by atoms with Gasteiger partial charge in [-0.1, -0.05) is 38.5 Å². The quantitative estimate of drug-likeness (QED) is 0.00231. The lowest BCUT2D eigenvalue weighted by molar-refractivity contribution is -0.172. The number of carboxylic acids is 1. The number of phosphoric ester groups is 1. The number of rotatable bonds is 38. The molecule has 47 heteroatoms. The SMILES string of the molecule is CC(C)(CCOC(=O)CCCOCCOCCNC(=O)c1ccc(C(=O)O)c(-c2c3ccc(=[NH2+])cc-3oc3cc(N)ccc23)c1)SSCOCCCCCNC(=O)NCC#Cc1cn([C@H]2C[C@@H](OCN=[N+]=[N-])[C@@H](COP(=O)(O)OP(=O)(O)OP(=O)(O)O)O2)c(=O)nc1N.O=S(=O)=O.O=S(=O)=O. The van der Waals surface area contributed by atoms with Crippen molar-refractivity contribution in [3.63, 3.8) is 0 Å². The van der Waals surface area contributed by atoms with Gasteiger partial charge in [0.05, 0.1) is 62.9 Å². The molecule has 1 saturated heterocycles. The normalized spacial score (nSPS) is 15.3. The lowest BCUT2D eigenvalue weighted by atomic mass is 9.89. The maximum atomic E-state index is 13.3. The first-order valence-corrected chi connectivity index (χ1v) is 38.1. The predicted molar refractivity (Wildman–Crippen MR) is 355 cm³/mol. The first kappa shape index (κ1) is 85.7. The molecule has 101 heavy (non-hydrogen) atoms. The average molecular weight is 1560 g/mol. The van der Waals surface area contributed by atoms with E-state index in [2.05, 4.69) is 55.9 Å². The lowest BCUT2D eigenvalue weighted by Gasteiger charge is -2.22. The third kappa shape index (κ3) is 32.9. The Balaban J connectivity index is 0.00000256. The molecular weight excluding hydrogens is 1490 g/mol. The van der Waals surface area contributed by atoms with Crippen LogP contribution in [0.5, 0.6) is 0 Å². The summed E-state index contributed by atoms with van der Waals surface area (Å²) in [7, 11) is -20.1. The number of nitrogens with one attached hydrogen (secondary N) is 3. The Morgan fingerprint density at radius 2 is 1.55 bits per heavy atom. The van der Waals surface area contributed by atoms with Crippen LogP contribution in [0.1, 0.15) is 91.3 Å². The Hall–Kier alpha value is -7.69. The molecule has 6 rings (SSSR count). The van der Waals surface area contributed by atoms with Crippen LogP contribution >= 0.6 is 45.1 Å². The number of hydrogen-bond acceptors (Lipinski definition) is 30. The van der Waals surface area contributed by atoms with E-state index >= 15 is 0 Å². The zero-order chi connectivity index (χ0) is 74.9. The van der Waals surface area contributed by atoms with Crippen LogP contribution in [0.25, 0.3) is 43.9 Å². The number of unbranched alkanes of at least 4 members (excludes halogenated alkanes) is 2. The molecule has 1 fully saturated rings. The molecular formula is C54H71N11O29P3S4+. The Bertz CT molecular complexity index is 4250. The van der Waals surface area contributed by atoms with E-state index in [1.807, 2.05) is 13.8 Å². The number of nitrogens with two attached hydrogens (primary N) is 3. The number of phosphoric acid groups is 3. The minimum atomic E-state index is -5.82. The van der Waals surface area contributed by atoms with E-state index in [0.29, 0.717) is 89.4 Å². The third-order valence-electron chi connectivity index (χ3n) is 13.0. The minimum absolute atomic E-state index is 0.00983. The van der Waals surface area contributed by atoms with E-state index < -0.39 is 100 Å². The molecule has 14 N–H and O–H groups in total. The fourth-order valence-corrected chi connectivity index (χ4v) is 14.0. The number of hydrogen-bond donors (Lipinski definition) is 11. The summed E-state index contributed by atoms with van der Waals surface area (Å²) in [6.45, 7) is 4.82. The molecule has 2 unspecified atom stereocenters. The summed E-state index contributed by atoms with van der Waals surface area (Å²) in [5, 5.41) is 28.6. The summed E-state index contributed by atoms with van der Waals surface area (Å²) in [5.41, 5.74) is 22.3. The standard InChI is InChI=1S/C54H70N11O23P3S2.2O3S/c1-54(2,16-22-82-47(66)9-7-21-79-24-25-80-23-19-59-50(67)34-10-13-38(51(68)69)41(26-34)48-39-14-11-36(55)27-42(39)85-43-28-37(56)12-15-40(43)48)93-92-33-81-20-5-3-4-17-60-52(70)61-18-6-8-35-30-65(53(71)63-49(35)57)46-29-44(83-32-62-64-58)45(86-46)31-84-90(75,76)88-91(77,78)87-89(72,73)74;2*1-4(2)3/h10-15,26-28,30,44-46,55H,3-5,7,9,16-25,29,31-33,56H2,1-2H3,(H,59,67)(H,68,69)(H,75,76)(H,77,78)(H2,57,63,71)(H2,60,61,70)(H2,72,73,74);;/p+1/t44-,45-,46-;;/m1../s1. The van der Waals surface area contributed by atoms with Gasteiger partial charge >= 0.3 is 68.3 Å². The van der Waals surface area contributed by atoms with Gasteiger partial charge in [-0.05, 0) is 93.4 Å². The van der Waals surface area contributed by atoms with E-state index in [-0.39, 0.29) is 85.6 Å². The first-order valence-electron chi connectivity index (χ1n) is 29.3. The van der Waals surface area contributed by atoms with Gasteiger partial charge in [0, 0.05) is 94.9 Å². The zero-order valence-electron chi connectivity index (χ0n) is 53.4. The van der Waals surface area contributed by atoms with Crippen LogP contribution in [0.3, 0.4) is 0 Å². The number of carbonyl (C=O) groups excluding carboxylic acids is 3. The van der Waals surface area contributed by atoms with Crippen molar-refractivity contribution < 1.29 is 134 Å². The van der Waals surface area contributed by atoms with Gasteiger partial charge < -0.3 is 84.9 Å². The number of amides is 3. The Morgan fingerprint density at radius 1 is 0.851 bits per heavy atom. The van der Waals surface area contributed by atoms with E-state index in [0.717, 1.165) is 17.4 Å². The van der Waals surface area contributed by atoms with Crippen molar-refractivity contribution in [2.75, 3.05) is 90.0 Å². The predicted octanol–water partition coefficient (Wildman–Crippen LogP) is 2.69. The van der Waals surface area contributed by atoms with Gasteiger partial charge in [-0.25, -0.2) is 28.1 Å². The van der Waals surface area contributed by atoms with Crippen LogP contribution in [0.4, 0.5) is 16.3 Å². The van der Waals surface area contributed by atoms with E-state index in [1.165, 1.54) is 24.4 Å². The van der Waals surface area contributed by atoms with Crippen molar-refractivity contribution in [2.24, 2.45) is 5.11 Å². The summed E-state index contributed by atoms with van der Waals surface area (Å²) >= 11 is 0. The second kappa shape index (κ2) is 42.7. The number of carbonyl (C=O) groups is 4. The van der Waals surface area contributed by atoms with E-state index in [4.69, 9.17) is 90.3 Å². The summed E-state index contributed by atoms with van der Waals surface area (Å²) in [4.78, 5) is 106. The molecule has 3 amide bonds.